The summed E-state index contributed by atoms with van der Waals surface area (Å²) in [5.74, 6) is 2.69. The number of amides is 1. The van der Waals surface area contributed by atoms with Gasteiger partial charge in [-0.2, -0.15) is 0 Å². The Kier molecular flexibility index (Phi) is 8.90. The highest BCUT2D eigenvalue weighted by molar-refractivity contribution is 5.76. The van der Waals surface area contributed by atoms with Gasteiger partial charge in [0.15, 0.2) is 0 Å². The molecule has 3 heteroatoms. The molecule has 0 aliphatic rings. The normalized spacial score (nSPS) is 9.67. The number of rotatable bonds is 8. The summed E-state index contributed by atoms with van der Waals surface area (Å²) in [5, 5.41) is 0. The summed E-state index contributed by atoms with van der Waals surface area (Å²) in [6, 6.07) is 0. The van der Waals surface area contributed by atoms with E-state index in [4.69, 9.17) is 12.2 Å². The number of nitrogens with two attached hydrogens (primary N) is 1. The first-order chi connectivity index (χ1) is 7.26. The fourth-order valence-electron chi connectivity index (χ4n) is 1.43. The van der Waals surface area contributed by atoms with E-state index in [9.17, 15) is 4.79 Å². The Balaban J connectivity index is 3.77. The molecule has 0 aromatic heterocycles. The van der Waals surface area contributed by atoms with Gasteiger partial charge in [-0.25, -0.2) is 0 Å². The number of nitrogens with zero attached hydrogens (tertiary/aromatic N) is 1. The Morgan fingerprint density at radius 2 is 2.13 bits per heavy atom. The van der Waals surface area contributed by atoms with Gasteiger partial charge in [0.1, 0.15) is 0 Å². The smallest absolute Gasteiger partial charge is 0.223 e. The number of hydrogen-bond acceptors (Lipinski definition) is 2. The second kappa shape index (κ2) is 9.54. The van der Waals surface area contributed by atoms with Gasteiger partial charge in [-0.05, 0) is 25.8 Å². The van der Waals surface area contributed by atoms with Gasteiger partial charge in [-0.15, -0.1) is 6.42 Å². The van der Waals surface area contributed by atoms with Crippen LogP contribution in [0.1, 0.15) is 39.0 Å². The molecule has 0 aromatic rings. The van der Waals surface area contributed by atoms with Crippen LogP contribution in [0.5, 0.6) is 0 Å². The first kappa shape index (κ1) is 14.0. The highest BCUT2D eigenvalue weighted by Gasteiger charge is 2.10. The average molecular weight is 210 g/mol. The largest absolute Gasteiger partial charge is 0.332 e. The van der Waals surface area contributed by atoms with Gasteiger partial charge in [0.2, 0.25) is 5.91 Å². The highest BCUT2D eigenvalue weighted by Crippen LogP contribution is 2.03. The molecular formula is C12H22N2O. The van der Waals surface area contributed by atoms with Crippen molar-refractivity contribution in [2.24, 2.45) is 5.73 Å². The van der Waals surface area contributed by atoms with Gasteiger partial charge in [0, 0.05) is 13.0 Å². The predicted molar refractivity (Wildman–Crippen MR) is 63.2 cm³/mol. The second-order valence-electron chi connectivity index (χ2n) is 3.62. The number of terminal acetylenes is 1. The minimum atomic E-state index is 0.173. The van der Waals surface area contributed by atoms with Crippen molar-refractivity contribution in [3.8, 4) is 12.3 Å². The molecule has 0 unspecified atom stereocenters. The fourth-order valence-corrected chi connectivity index (χ4v) is 1.43. The van der Waals surface area contributed by atoms with Gasteiger partial charge in [-0.3, -0.25) is 4.79 Å². The van der Waals surface area contributed by atoms with E-state index in [1.165, 1.54) is 0 Å². The highest BCUT2D eigenvalue weighted by atomic mass is 16.2. The molecule has 0 aliphatic carbocycles. The molecular weight excluding hydrogens is 188 g/mol. The molecule has 0 radical (unpaired) electrons. The second-order valence-corrected chi connectivity index (χ2v) is 3.62. The van der Waals surface area contributed by atoms with E-state index in [1.807, 2.05) is 6.92 Å². The molecule has 0 rings (SSSR count). The zero-order chi connectivity index (χ0) is 11.5. The number of hydrogen-bond donors (Lipinski definition) is 1. The Morgan fingerprint density at radius 3 is 2.67 bits per heavy atom. The van der Waals surface area contributed by atoms with Crippen LogP contribution < -0.4 is 5.73 Å². The van der Waals surface area contributed by atoms with Crippen molar-refractivity contribution in [2.75, 3.05) is 19.6 Å². The van der Waals surface area contributed by atoms with Crippen LogP contribution in [0.3, 0.4) is 0 Å². The number of unbranched alkanes of at least 4 members (excludes halogenated alkanes) is 2. The van der Waals surface area contributed by atoms with E-state index in [0.29, 0.717) is 19.5 Å². The third-order valence-electron chi connectivity index (χ3n) is 2.22. The monoisotopic (exact) mass is 210 g/mol. The lowest BCUT2D eigenvalue weighted by molar-refractivity contribution is -0.130. The van der Waals surface area contributed by atoms with Crippen molar-refractivity contribution in [3.63, 3.8) is 0 Å². The van der Waals surface area contributed by atoms with E-state index in [1.54, 1.807) is 4.90 Å². The molecule has 15 heavy (non-hydrogen) atoms. The Hall–Kier alpha value is -1.01. The lowest BCUT2D eigenvalue weighted by Gasteiger charge is -2.19. The molecule has 0 fully saturated rings. The average Bonchev–Trinajstić information content (AvgIpc) is 2.24. The van der Waals surface area contributed by atoms with Crippen molar-refractivity contribution < 1.29 is 4.79 Å². The van der Waals surface area contributed by atoms with Crippen LogP contribution in [0.2, 0.25) is 0 Å². The molecule has 1 amide bonds. The van der Waals surface area contributed by atoms with Crippen LogP contribution >= 0.6 is 0 Å². The van der Waals surface area contributed by atoms with Crippen LogP contribution in [-0.2, 0) is 4.79 Å². The summed E-state index contributed by atoms with van der Waals surface area (Å²) in [5.41, 5.74) is 5.38. The zero-order valence-electron chi connectivity index (χ0n) is 9.67. The standard InChI is InChI=1S/C12H22N2O/c1-3-10-14(11-4-2)12(15)8-6-5-7-9-13/h1H,4-11,13H2,2H3. The third kappa shape index (κ3) is 6.98. The lowest BCUT2D eigenvalue weighted by atomic mass is 10.2. The maximum absolute atomic E-state index is 11.7. The van der Waals surface area contributed by atoms with Crippen LogP contribution in [0.25, 0.3) is 0 Å². The molecule has 0 aromatic carbocycles. The van der Waals surface area contributed by atoms with E-state index >= 15 is 0 Å². The van der Waals surface area contributed by atoms with Crippen LogP contribution in [-0.4, -0.2) is 30.4 Å². The fraction of sp³-hybridized carbons (Fsp3) is 0.750. The SMILES string of the molecule is C#CCN(CCC)C(=O)CCCCCN. The number of carbonyl (C=O) groups is 1. The van der Waals surface area contributed by atoms with Crippen molar-refractivity contribution in [3.05, 3.63) is 0 Å². The van der Waals surface area contributed by atoms with Gasteiger partial charge in [0.05, 0.1) is 6.54 Å². The third-order valence-corrected chi connectivity index (χ3v) is 2.22. The van der Waals surface area contributed by atoms with E-state index in [-0.39, 0.29) is 5.91 Å². The molecule has 0 saturated heterocycles. The first-order valence-electron chi connectivity index (χ1n) is 5.67. The summed E-state index contributed by atoms with van der Waals surface area (Å²) < 4.78 is 0. The van der Waals surface area contributed by atoms with Gasteiger partial charge in [0.25, 0.3) is 0 Å². The van der Waals surface area contributed by atoms with E-state index < -0.39 is 0 Å². The maximum atomic E-state index is 11.7. The molecule has 0 atom stereocenters. The zero-order valence-corrected chi connectivity index (χ0v) is 9.67. The molecule has 0 saturated carbocycles. The van der Waals surface area contributed by atoms with Crippen LogP contribution in [0, 0.1) is 12.3 Å². The van der Waals surface area contributed by atoms with Crippen molar-refractivity contribution in [1.82, 2.24) is 4.90 Å². The molecule has 86 valence electrons. The molecule has 3 nitrogen and oxygen atoms in total. The maximum Gasteiger partial charge on any atom is 0.223 e. The van der Waals surface area contributed by atoms with Gasteiger partial charge in [-0.1, -0.05) is 19.3 Å². The van der Waals surface area contributed by atoms with Crippen molar-refractivity contribution >= 4 is 5.91 Å². The Labute approximate surface area is 93.0 Å². The molecule has 0 spiro atoms. The van der Waals surface area contributed by atoms with E-state index in [2.05, 4.69) is 5.92 Å². The molecule has 0 aliphatic heterocycles. The summed E-state index contributed by atoms with van der Waals surface area (Å²) in [7, 11) is 0. The quantitative estimate of drug-likeness (QED) is 0.486. The Morgan fingerprint density at radius 1 is 1.40 bits per heavy atom. The molecule has 2 N–H and O–H groups in total. The Bertz CT molecular complexity index is 208. The van der Waals surface area contributed by atoms with Crippen LogP contribution in [0.4, 0.5) is 0 Å². The number of carbonyl (C=O) groups excluding carboxylic acids is 1. The molecule has 0 heterocycles. The topological polar surface area (TPSA) is 46.3 Å². The van der Waals surface area contributed by atoms with E-state index in [0.717, 1.165) is 32.2 Å². The lowest BCUT2D eigenvalue weighted by Crippen LogP contribution is -2.31. The summed E-state index contributed by atoms with van der Waals surface area (Å²) in [6.07, 6.45) is 9.71. The van der Waals surface area contributed by atoms with Crippen LogP contribution in [0.15, 0.2) is 0 Å². The minimum Gasteiger partial charge on any atom is -0.332 e. The van der Waals surface area contributed by atoms with Crippen molar-refractivity contribution in [2.45, 2.75) is 39.0 Å². The van der Waals surface area contributed by atoms with Gasteiger partial charge < -0.3 is 10.6 Å². The van der Waals surface area contributed by atoms with Gasteiger partial charge >= 0.3 is 0 Å². The molecule has 0 bridgehead atoms. The summed E-state index contributed by atoms with van der Waals surface area (Å²) in [4.78, 5) is 13.4. The van der Waals surface area contributed by atoms with Crippen molar-refractivity contribution in [1.29, 1.82) is 0 Å². The summed E-state index contributed by atoms with van der Waals surface area (Å²) in [6.45, 7) is 3.95. The predicted octanol–water partition coefficient (Wildman–Crippen LogP) is 1.38. The minimum absolute atomic E-state index is 0.173. The first-order valence-corrected chi connectivity index (χ1v) is 5.67. The summed E-state index contributed by atoms with van der Waals surface area (Å²) >= 11 is 0.